The van der Waals surface area contributed by atoms with Gasteiger partial charge in [-0.25, -0.2) is 4.98 Å². The van der Waals surface area contributed by atoms with E-state index in [0.717, 1.165) is 26.9 Å². The van der Waals surface area contributed by atoms with Gasteiger partial charge in [0, 0.05) is 30.4 Å². The van der Waals surface area contributed by atoms with Crippen LogP contribution in [0.2, 0.25) is 0 Å². The maximum absolute atomic E-state index is 11.3. The number of nitrogens with zero attached hydrogens (tertiary/aromatic N) is 4. The third kappa shape index (κ3) is 2.95. The Kier molecular flexibility index (Phi) is 4.18. The van der Waals surface area contributed by atoms with Crippen molar-refractivity contribution >= 4 is 22.7 Å². The zero-order valence-electron chi connectivity index (χ0n) is 13.9. The Hall–Kier alpha value is -3.13. The number of aromatic nitrogens is 2. The second kappa shape index (κ2) is 6.64. The highest BCUT2D eigenvalue weighted by Gasteiger charge is 2.29. The molecular formula is C18H15N5O2S. The van der Waals surface area contributed by atoms with E-state index in [0.29, 0.717) is 12.0 Å². The zero-order valence-corrected chi connectivity index (χ0v) is 14.7. The second-order valence-corrected chi connectivity index (χ2v) is 6.93. The minimum absolute atomic E-state index is 0.110. The van der Waals surface area contributed by atoms with Gasteiger partial charge >= 0.3 is 0 Å². The third-order valence-electron chi connectivity index (χ3n) is 4.23. The van der Waals surface area contributed by atoms with Gasteiger partial charge in [0.15, 0.2) is 0 Å². The molecule has 3 aromatic rings. The molecule has 1 atom stereocenters. The Morgan fingerprint density at radius 1 is 1.27 bits per heavy atom. The highest BCUT2D eigenvalue weighted by atomic mass is 32.1. The minimum Gasteiger partial charge on any atom is -0.302 e. The molecule has 0 spiro atoms. The fraction of sp³-hybridized carbons (Fsp3) is 0.167. The first kappa shape index (κ1) is 16.3. The first-order valence-electron chi connectivity index (χ1n) is 8.07. The van der Waals surface area contributed by atoms with Crippen LogP contribution >= 0.6 is 11.3 Å². The van der Waals surface area contributed by atoms with Gasteiger partial charge < -0.3 is 5.43 Å². The number of hydrazone groups is 1. The van der Waals surface area contributed by atoms with Crippen molar-refractivity contribution in [2.75, 3.05) is 0 Å². The van der Waals surface area contributed by atoms with E-state index < -0.39 is 0 Å². The van der Waals surface area contributed by atoms with E-state index in [2.05, 4.69) is 20.5 Å². The summed E-state index contributed by atoms with van der Waals surface area (Å²) in [4.78, 5) is 20.7. The molecule has 0 fully saturated rings. The van der Waals surface area contributed by atoms with E-state index in [-0.39, 0.29) is 16.7 Å². The fourth-order valence-electron chi connectivity index (χ4n) is 2.99. The summed E-state index contributed by atoms with van der Waals surface area (Å²) in [5, 5.41) is 16.6. The minimum atomic E-state index is -0.354. The predicted octanol–water partition coefficient (Wildman–Crippen LogP) is 3.86. The molecule has 8 heteroatoms. The number of nitro benzene ring substituents is 1. The molecule has 0 saturated carbocycles. The molecule has 1 aliphatic heterocycles. The Morgan fingerprint density at radius 2 is 2.12 bits per heavy atom. The van der Waals surface area contributed by atoms with Gasteiger partial charge in [0.2, 0.25) is 0 Å². The molecular weight excluding hydrogens is 350 g/mol. The van der Waals surface area contributed by atoms with Crippen molar-refractivity contribution in [3.8, 4) is 10.6 Å². The van der Waals surface area contributed by atoms with Crippen LogP contribution in [0.5, 0.6) is 0 Å². The number of rotatable bonds is 4. The molecule has 3 heterocycles. The maximum Gasteiger partial charge on any atom is 0.274 e. The second-order valence-electron chi connectivity index (χ2n) is 5.94. The van der Waals surface area contributed by atoms with Crippen LogP contribution in [-0.4, -0.2) is 20.6 Å². The van der Waals surface area contributed by atoms with Crippen LogP contribution in [0.25, 0.3) is 10.6 Å². The smallest absolute Gasteiger partial charge is 0.274 e. The number of nitro groups is 1. The Labute approximate surface area is 153 Å². The fourth-order valence-corrected chi connectivity index (χ4v) is 4.04. The van der Waals surface area contributed by atoms with Crippen molar-refractivity contribution < 1.29 is 4.92 Å². The van der Waals surface area contributed by atoms with Crippen LogP contribution in [0, 0.1) is 17.0 Å². The Morgan fingerprint density at radius 3 is 2.88 bits per heavy atom. The van der Waals surface area contributed by atoms with E-state index in [1.54, 1.807) is 41.9 Å². The Bertz CT molecular complexity index is 1000. The van der Waals surface area contributed by atoms with Gasteiger partial charge in [-0.3, -0.25) is 15.1 Å². The number of benzene rings is 1. The molecule has 1 aromatic carbocycles. The van der Waals surface area contributed by atoms with Crippen molar-refractivity contribution in [1.29, 1.82) is 0 Å². The molecule has 0 aliphatic carbocycles. The van der Waals surface area contributed by atoms with Crippen molar-refractivity contribution in [3.63, 3.8) is 0 Å². The van der Waals surface area contributed by atoms with E-state index in [1.807, 2.05) is 19.1 Å². The third-order valence-corrected chi connectivity index (χ3v) is 5.48. The molecule has 1 aliphatic rings. The molecule has 0 radical (unpaired) electrons. The first-order valence-corrected chi connectivity index (χ1v) is 8.88. The molecule has 26 heavy (non-hydrogen) atoms. The SMILES string of the molecule is Cc1nc(-c2cccnc2)sc1C1=NNC(c2ccccc2[N+](=O)[O-])C1. The lowest BCUT2D eigenvalue weighted by Gasteiger charge is -2.10. The summed E-state index contributed by atoms with van der Waals surface area (Å²) in [7, 11) is 0. The van der Waals surface area contributed by atoms with Gasteiger partial charge in [0.05, 0.1) is 32.8 Å². The molecule has 4 rings (SSSR count). The summed E-state index contributed by atoms with van der Waals surface area (Å²) in [5.74, 6) is 0. The lowest BCUT2D eigenvalue weighted by Crippen LogP contribution is -2.12. The first-order chi connectivity index (χ1) is 12.6. The molecule has 0 amide bonds. The molecule has 130 valence electrons. The van der Waals surface area contributed by atoms with Gasteiger partial charge in [-0.05, 0) is 19.1 Å². The summed E-state index contributed by atoms with van der Waals surface area (Å²) in [6, 6.07) is 10.4. The van der Waals surface area contributed by atoms with Gasteiger partial charge in [0.1, 0.15) is 5.01 Å². The highest BCUT2D eigenvalue weighted by molar-refractivity contribution is 7.17. The van der Waals surface area contributed by atoms with Crippen molar-refractivity contribution in [1.82, 2.24) is 15.4 Å². The van der Waals surface area contributed by atoms with Crippen LogP contribution < -0.4 is 5.43 Å². The average Bonchev–Trinajstić information content (AvgIpc) is 3.29. The number of thiazole rings is 1. The molecule has 0 saturated heterocycles. The van der Waals surface area contributed by atoms with Gasteiger partial charge in [-0.15, -0.1) is 11.3 Å². The van der Waals surface area contributed by atoms with E-state index in [1.165, 1.54) is 6.07 Å². The summed E-state index contributed by atoms with van der Waals surface area (Å²) in [6.07, 6.45) is 4.10. The molecule has 1 unspecified atom stereocenters. The molecule has 2 aromatic heterocycles. The van der Waals surface area contributed by atoms with Gasteiger partial charge in [0.25, 0.3) is 5.69 Å². The predicted molar refractivity (Wildman–Crippen MR) is 100 cm³/mol. The normalized spacial score (nSPS) is 16.2. The van der Waals surface area contributed by atoms with E-state index in [4.69, 9.17) is 0 Å². The highest BCUT2D eigenvalue weighted by Crippen LogP contribution is 2.34. The molecule has 0 bridgehead atoms. The number of nitrogens with one attached hydrogen (secondary N) is 1. The topological polar surface area (TPSA) is 93.3 Å². The number of pyridine rings is 1. The van der Waals surface area contributed by atoms with Crippen LogP contribution in [0.4, 0.5) is 5.69 Å². The zero-order chi connectivity index (χ0) is 18.1. The molecule has 7 nitrogen and oxygen atoms in total. The standard InChI is InChI=1S/C18H15N5O2S/c1-11-17(26-18(20-11)12-5-4-8-19-10-12)15-9-14(21-22-15)13-6-2-3-7-16(13)23(24)25/h2-8,10,14,21H,9H2,1H3. The van der Waals surface area contributed by atoms with Crippen molar-refractivity contribution in [3.05, 3.63) is 75.0 Å². The van der Waals surface area contributed by atoms with Crippen LogP contribution in [0.3, 0.4) is 0 Å². The summed E-state index contributed by atoms with van der Waals surface area (Å²) < 4.78 is 0. The summed E-state index contributed by atoms with van der Waals surface area (Å²) in [5.41, 5.74) is 6.54. The largest absolute Gasteiger partial charge is 0.302 e. The maximum atomic E-state index is 11.3. The van der Waals surface area contributed by atoms with Gasteiger partial charge in [-0.2, -0.15) is 5.10 Å². The number of hydrogen-bond donors (Lipinski definition) is 1. The van der Waals surface area contributed by atoms with Crippen LogP contribution in [0.1, 0.15) is 28.6 Å². The monoisotopic (exact) mass is 365 g/mol. The molecule has 1 N–H and O–H groups in total. The number of para-hydroxylation sites is 1. The quantitative estimate of drug-likeness (QED) is 0.560. The van der Waals surface area contributed by atoms with Crippen LogP contribution in [0.15, 0.2) is 53.9 Å². The van der Waals surface area contributed by atoms with E-state index in [9.17, 15) is 10.1 Å². The van der Waals surface area contributed by atoms with Crippen molar-refractivity contribution in [2.45, 2.75) is 19.4 Å². The summed E-state index contributed by atoms with van der Waals surface area (Å²) in [6.45, 7) is 1.95. The van der Waals surface area contributed by atoms with Crippen molar-refractivity contribution in [2.24, 2.45) is 5.10 Å². The van der Waals surface area contributed by atoms with Crippen LogP contribution in [-0.2, 0) is 0 Å². The number of hydrogen-bond acceptors (Lipinski definition) is 7. The Balaban J connectivity index is 1.60. The average molecular weight is 365 g/mol. The van der Waals surface area contributed by atoms with E-state index >= 15 is 0 Å². The lowest BCUT2D eigenvalue weighted by atomic mass is 10.0. The van der Waals surface area contributed by atoms with Gasteiger partial charge in [-0.1, -0.05) is 18.2 Å². The lowest BCUT2D eigenvalue weighted by molar-refractivity contribution is -0.385. The number of aryl methyl sites for hydroxylation is 1. The summed E-state index contributed by atoms with van der Waals surface area (Å²) >= 11 is 1.56.